The summed E-state index contributed by atoms with van der Waals surface area (Å²) in [7, 11) is -3.26. The standard InChI is InChI=1S/C22H24FN3O2S/c1-29(27,28)18-6-2-15(3-7-18)22-25-21-19(23)12-16(14-8-10-24-11-9-14)13-20(21)26(22)17-4-5-17/h2-3,6-7,12-14,17,24H,4-5,8-11H2,1H3. The number of benzene rings is 2. The second kappa shape index (κ2) is 6.92. The predicted octanol–water partition coefficient (Wildman–Crippen LogP) is 4.05. The minimum Gasteiger partial charge on any atom is -0.321 e. The van der Waals surface area contributed by atoms with E-state index in [1.54, 1.807) is 30.3 Å². The summed E-state index contributed by atoms with van der Waals surface area (Å²) in [5.41, 5.74) is 3.11. The maximum atomic E-state index is 15.0. The average molecular weight is 414 g/mol. The number of hydrogen-bond acceptors (Lipinski definition) is 4. The molecule has 2 fully saturated rings. The van der Waals surface area contributed by atoms with Gasteiger partial charge in [0.15, 0.2) is 15.7 Å². The van der Waals surface area contributed by atoms with Gasteiger partial charge in [0.05, 0.1) is 10.4 Å². The van der Waals surface area contributed by atoms with Crippen molar-refractivity contribution in [3.8, 4) is 11.4 Å². The van der Waals surface area contributed by atoms with Gasteiger partial charge in [0.2, 0.25) is 0 Å². The minimum absolute atomic E-state index is 0.273. The molecule has 29 heavy (non-hydrogen) atoms. The molecule has 0 spiro atoms. The van der Waals surface area contributed by atoms with Gasteiger partial charge < -0.3 is 9.88 Å². The van der Waals surface area contributed by atoms with Crippen molar-refractivity contribution >= 4 is 20.9 Å². The fourth-order valence-corrected chi connectivity index (χ4v) is 4.95. The lowest BCUT2D eigenvalue weighted by Gasteiger charge is -2.23. The molecule has 1 saturated heterocycles. The van der Waals surface area contributed by atoms with Gasteiger partial charge in [-0.15, -0.1) is 0 Å². The predicted molar refractivity (Wildman–Crippen MR) is 111 cm³/mol. The highest BCUT2D eigenvalue weighted by molar-refractivity contribution is 7.90. The summed E-state index contributed by atoms with van der Waals surface area (Å²) < 4.78 is 40.7. The summed E-state index contributed by atoms with van der Waals surface area (Å²) in [6, 6.07) is 10.8. The molecule has 2 aliphatic rings. The molecule has 5 rings (SSSR count). The molecule has 1 N–H and O–H groups in total. The van der Waals surface area contributed by atoms with E-state index in [1.807, 2.05) is 0 Å². The molecule has 0 unspecified atom stereocenters. The molecule has 2 aromatic carbocycles. The number of nitrogens with zero attached hydrogens (tertiary/aromatic N) is 2. The van der Waals surface area contributed by atoms with Crippen LogP contribution in [0.15, 0.2) is 41.3 Å². The lowest BCUT2D eigenvalue weighted by atomic mass is 9.90. The van der Waals surface area contributed by atoms with Gasteiger partial charge in [0, 0.05) is 17.9 Å². The second-order valence-electron chi connectivity index (χ2n) is 8.23. The van der Waals surface area contributed by atoms with E-state index in [2.05, 4.69) is 20.9 Å². The van der Waals surface area contributed by atoms with Crippen LogP contribution in [0.4, 0.5) is 4.39 Å². The van der Waals surface area contributed by atoms with Crippen LogP contribution >= 0.6 is 0 Å². The van der Waals surface area contributed by atoms with Crippen LogP contribution in [0.25, 0.3) is 22.4 Å². The van der Waals surface area contributed by atoms with Crippen LogP contribution in [0, 0.1) is 5.82 Å². The zero-order chi connectivity index (χ0) is 20.2. The molecule has 0 bridgehead atoms. The molecule has 0 amide bonds. The molecule has 1 aliphatic heterocycles. The van der Waals surface area contributed by atoms with Crippen LogP contribution in [0.1, 0.15) is 43.2 Å². The quantitative estimate of drug-likeness (QED) is 0.701. The van der Waals surface area contributed by atoms with E-state index in [0.717, 1.165) is 55.4 Å². The zero-order valence-electron chi connectivity index (χ0n) is 16.4. The number of nitrogens with one attached hydrogen (secondary N) is 1. The van der Waals surface area contributed by atoms with E-state index in [-0.39, 0.29) is 10.7 Å². The second-order valence-corrected chi connectivity index (χ2v) is 10.2. The number of rotatable bonds is 4. The molecule has 152 valence electrons. The Kier molecular flexibility index (Phi) is 4.47. The largest absolute Gasteiger partial charge is 0.321 e. The summed E-state index contributed by atoms with van der Waals surface area (Å²) in [5, 5.41) is 3.36. The van der Waals surface area contributed by atoms with Gasteiger partial charge in [-0.2, -0.15) is 0 Å². The number of piperidine rings is 1. The van der Waals surface area contributed by atoms with Crippen molar-refractivity contribution in [1.29, 1.82) is 0 Å². The van der Waals surface area contributed by atoms with Crippen LogP contribution in [0.2, 0.25) is 0 Å². The van der Waals surface area contributed by atoms with Crippen LogP contribution in [-0.2, 0) is 9.84 Å². The summed E-state index contributed by atoms with van der Waals surface area (Å²) >= 11 is 0. The van der Waals surface area contributed by atoms with Crippen LogP contribution in [0.3, 0.4) is 0 Å². The van der Waals surface area contributed by atoms with Crippen LogP contribution < -0.4 is 5.32 Å². The van der Waals surface area contributed by atoms with Crippen molar-refractivity contribution in [1.82, 2.24) is 14.9 Å². The fraction of sp³-hybridized carbons (Fsp3) is 0.409. The normalized spacial score (nSPS) is 18.4. The molecule has 7 heteroatoms. The average Bonchev–Trinajstić information content (AvgIpc) is 3.47. The molecular weight excluding hydrogens is 389 g/mol. The Morgan fingerprint density at radius 3 is 2.38 bits per heavy atom. The van der Waals surface area contributed by atoms with Crippen molar-refractivity contribution in [2.75, 3.05) is 19.3 Å². The molecule has 1 saturated carbocycles. The Hall–Kier alpha value is -2.25. The van der Waals surface area contributed by atoms with Crippen molar-refractivity contribution in [2.45, 2.75) is 42.5 Å². The first kappa shape index (κ1) is 18.8. The molecule has 1 aromatic heterocycles. The summed E-state index contributed by atoms with van der Waals surface area (Å²) in [6.07, 6.45) is 5.34. The maximum Gasteiger partial charge on any atom is 0.175 e. The van der Waals surface area contributed by atoms with E-state index < -0.39 is 9.84 Å². The van der Waals surface area contributed by atoms with Gasteiger partial charge in [-0.05, 0) is 86.7 Å². The Morgan fingerprint density at radius 2 is 1.76 bits per heavy atom. The first-order valence-electron chi connectivity index (χ1n) is 10.1. The highest BCUT2D eigenvalue weighted by Crippen LogP contribution is 2.42. The van der Waals surface area contributed by atoms with E-state index in [0.29, 0.717) is 23.3 Å². The third-order valence-corrected chi connectivity index (χ3v) is 7.16. The Balaban J connectivity index is 1.64. The Bertz CT molecular complexity index is 1170. The SMILES string of the molecule is CS(=O)(=O)c1ccc(-c2nc3c(F)cc(C4CCNCC4)cc3n2C2CC2)cc1. The molecule has 5 nitrogen and oxygen atoms in total. The number of imidazole rings is 1. The van der Waals surface area contributed by atoms with Gasteiger partial charge in [-0.3, -0.25) is 0 Å². The Labute approximate surface area is 169 Å². The van der Waals surface area contributed by atoms with E-state index in [1.165, 1.54) is 6.26 Å². The van der Waals surface area contributed by atoms with E-state index in [4.69, 9.17) is 0 Å². The third kappa shape index (κ3) is 3.46. The molecule has 1 aliphatic carbocycles. The number of hydrogen-bond donors (Lipinski definition) is 1. The number of sulfone groups is 1. The molecular formula is C22H24FN3O2S. The van der Waals surface area contributed by atoms with Gasteiger partial charge in [0.25, 0.3) is 0 Å². The third-order valence-electron chi connectivity index (χ3n) is 6.03. The van der Waals surface area contributed by atoms with E-state index >= 15 is 4.39 Å². The Morgan fingerprint density at radius 1 is 1.07 bits per heavy atom. The minimum atomic E-state index is -3.26. The molecule has 0 radical (unpaired) electrons. The van der Waals surface area contributed by atoms with Crippen molar-refractivity contribution < 1.29 is 12.8 Å². The topological polar surface area (TPSA) is 64.0 Å². The van der Waals surface area contributed by atoms with Gasteiger partial charge in [-0.1, -0.05) is 0 Å². The van der Waals surface area contributed by atoms with Gasteiger partial charge >= 0.3 is 0 Å². The van der Waals surface area contributed by atoms with Crippen molar-refractivity contribution in [3.63, 3.8) is 0 Å². The van der Waals surface area contributed by atoms with Gasteiger partial charge in [-0.25, -0.2) is 17.8 Å². The van der Waals surface area contributed by atoms with Crippen LogP contribution in [-0.4, -0.2) is 37.3 Å². The number of halogens is 1. The summed E-state index contributed by atoms with van der Waals surface area (Å²) in [4.78, 5) is 4.92. The van der Waals surface area contributed by atoms with Crippen LogP contribution in [0.5, 0.6) is 0 Å². The summed E-state index contributed by atoms with van der Waals surface area (Å²) in [6.45, 7) is 1.92. The molecule has 2 heterocycles. The highest BCUT2D eigenvalue weighted by Gasteiger charge is 2.30. The number of aromatic nitrogens is 2. The number of fused-ring (bicyclic) bond motifs is 1. The molecule has 3 aromatic rings. The van der Waals surface area contributed by atoms with Crippen molar-refractivity contribution in [2.24, 2.45) is 0 Å². The first-order chi connectivity index (χ1) is 13.9. The zero-order valence-corrected chi connectivity index (χ0v) is 17.2. The highest BCUT2D eigenvalue weighted by atomic mass is 32.2. The van der Waals surface area contributed by atoms with Crippen molar-refractivity contribution in [3.05, 3.63) is 47.8 Å². The first-order valence-corrected chi connectivity index (χ1v) is 12.0. The fourth-order valence-electron chi connectivity index (χ4n) is 4.32. The summed E-state index contributed by atoms with van der Waals surface area (Å²) in [5.74, 6) is 0.809. The maximum absolute atomic E-state index is 15.0. The smallest absolute Gasteiger partial charge is 0.175 e. The lowest BCUT2D eigenvalue weighted by Crippen LogP contribution is -2.26. The monoisotopic (exact) mass is 413 g/mol. The van der Waals surface area contributed by atoms with Gasteiger partial charge in [0.1, 0.15) is 11.3 Å². The lowest BCUT2D eigenvalue weighted by molar-refractivity contribution is 0.459. The molecule has 0 atom stereocenters. The van der Waals surface area contributed by atoms with E-state index in [9.17, 15) is 8.42 Å².